The van der Waals surface area contributed by atoms with Crippen molar-refractivity contribution in [1.82, 2.24) is 10.6 Å². The highest BCUT2D eigenvalue weighted by atomic mass is 32.2. The van der Waals surface area contributed by atoms with Crippen molar-refractivity contribution < 1.29 is 9.13 Å². The minimum Gasteiger partial charge on any atom is -0.491 e. The Morgan fingerprint density at radius 1 is 1.45 bits per heavy atom. The highest BCUT2D eigenvalue weighted by Crippen LogP contribution is 2.25. The van der Waals surface area contributed by atoms with Crippen LogP contribution >= 0.6 is 11.8 Å². The van der Waals surface area contributed by atoms with Crippen molar-refractivity contribution in [3.63, 3.8) is 0 Å². The van der Waals surface area contributed by atoms with Crippen LogP contribution < -0.4 is 15.4 Å². The standard InChI is InChI=1S/C16H24FN3OS/c1-3-21-15-7-6-12(9-14(15)17)10-19-16(18-2)20-11-13-5-4-8-22-13/h6-7,9,13H,3-5,8,10-11H2,1-2H3,(H2,18,19,20). The van der Waals surface area contributed by atoms with E-state index in [1.54, 1.807) is 13.1 Å². The van der Waals surface area contributed by atoms with Crippen LogP contribution in [0.25, 0.3) is 0 Å². The van der Waals surface area contributed by atoms with Gasteiger partial charge in [0.15, 0.2) is 17.5 Å². The second-order valence-electron chi connectivity index (χ2n) is 5.14. The summed E-state index contributed by atoms with van der Waals surface area (Å²) in [6.45, 7) is 3.75. The molecular weight excluding hydrogens is 301 g/mol. The quantitative estimate of drug-likeness (QED) is 0.624. The molecule has 1 unspecified atom stereocenters. The average Bonchev–Trinajstić information content (AvgIpc) is 3.03. The fraction of sp³-hybridized carbons (Fsp3) is 0.562. The second kappa shape index (κ2) is 8.88. The van der Waals surface area contributed by atoms with E-state index in [0.29, 0.717) is 24.2 Å². The first-order chi connectivity index (χ1) is 10.7. The second-order valence-corrected chi connectivity index (χ2v) is 6.55. The van der Waals surface area contributed by atoms with Crippen molar-refractivity contribution in [1.29, 1.82) is 0 Å². The molecule has 0 spiro atoms. The summed E-state index contributed by atoms with van der Waals surface area (Å²) in [4.78, 5) is 4.20. The van der Waals surface area contributed by atoms with Crippen molar-refractivity contribution in [3.05, 3.63) is 29.6 Å². The monoisotopic (exact) mass is 325 g/mol. The molecule has 122 valence electrons. The molecule has 4 nitrogen and oxygen atoms in total. The average molecular weight is 325 g/mol. The van der Waals surface area contributed by atoms with Crippen LogP contribution in [0, 0.1) is 5.82 Å². The predicted octanol–water partition coefficient (Wildman–Crippen LogP) is 2.79. The van der Waals surface area contributed by atoms with E-state index >= 15 is 0 Å². The summed E-state index contributed by atoms with van der Waals surface area (Å²) in [6, 6.07) is 5.03. The van der Waals surface area contributed by atoms with Crippen LogP contribution in [0.2, 0.25) is 0 Å². The number of aliphatic imine (C=N–C) groups is 1. The van der Waals surface area contributed by atoms with E-state index in [-0.39, 0.29) is 5.82 Å². The van der Waals surface area contributed by atoms with Crippen LogP contribution in [0.5, 0.6) is 5.75 Å². The van der Waals surface area contributed by atoms with Gasteiger partial charge in [0.05, 0.1) is 6.61 Å². The minimum absolute atomic E-state index is 0.298. The summed E-state index contributed by atoms with van der Waals surface area (Å²) in [7, 11) is 1.75. The number of rotatable bonds is 6. The van der Waals surface area contributed by atoms with Gasteiger partial charge in [-0.15, -0.1) is 0 Å². The summed E-state index contributed by atoms with van der Waals surface area (Å²) < 4.78 is 19.0. The van der Waals surface area contributed by atoms with E-state index in [2.05, 4.69) is 15.6 Å². The first kappa shape index (κ1) is 16.9. The van der Waals surface area contributed by atoms with E-state index in [1.165, 1.54) is 24.7 Å². The molecule has 1 aliphatic rings. The summed E-state index contributed by atoms with van der Waals surface area (Å²) in [5.74, 6) is 1.98. The van der Waals surface area contributed by atoms with Gasteiger partial charge in [-0.1, -0.05) is 6.07 Å². The Hall–Kier alpha value is -1.43. The number of nitrogens with zero attached hydrogens (tertiary/aromatic N) is 1. The van der Waals surface area contributed by atoms with Gasteiger partial charge in [0.25, 0.3) is 0 Å². The van der Waals surface area contributed by atoms with Crippen LogP contribution in [-0.2, 0) is 6.54 Å². The maximum Gasteiger partial charge on any atom is 0.191 e. The Morgan fingerprint density at radius 2 is 2.32 bits per heavy atom. The smallest absolute Gasteiger partial charge is 0.191 e. The van der Waals surface area contributed by atoms with Gasteiger partial charge in [-0.05, 0) is 43.2 Å². The maximum atomic E-state index is 13.8. The topological polar surface area (TPSA) is 45.6 Å². The molecule has 6 heteroatoms. The highest BCUT2D eigenvalue weighted by molar-refractivity contribution is 8.00. The maximum absolute atomic E-state index is 13.8. The molecule has 1 aromatic carbocycles. The van der Waals surface area contributed by atoms with Gasteiger partial charge >= 0.3 is 0 Å². The number of halogens is 1. The van der Waals surface area contributed by atoms with Crippen LogP contribution in [0.3, 0.4) is 0 Å². The van der Waals surface area contributed by atoms with E-state index in [9.17, 15) is 4.39 Å². The molecule has 0 bridgehead atoms. The zero-order valence-electron chi connectivity index (χ0n) is 13.2. The van der Waals surface area contributed by atoms with E-state index in [1.807, 2.05) is 24.8 Å². The Labute approximate surface area is 135 Å². The van der Waals surface area contributed by atoms with E-state index in [4.69, 9.17) is 4.74 Å². The molecule has 2 rings (SSSR count). The lowest BCUT2D eigenvalue weighted by atomic mass is 10.2. The lowest BCUT2D eigenvalue weighted by Crippen LogP contribution is -2.39. The SMILES string of the molecule is CCOc1ccc(CNC(=NC)NCC2CCCS2)cc1F. The Morgan fingerprint density at radius 3 is 2.95 bits per heavy atom. The number of ether oxygens (including phenoxy) is 1. The largest absolute Gasteiger partial charge is 0.491 e. The van der Waals surface area contributed by atoms with Crippen LogP contribution in [0.1, 0.15) is 25.3 Å². The lowest BCUT2D eigenvalue weighted by Gasteiger charge is -2.15. The van der Waals surface area contributed by atoms with Gasteiger partial charge in [0.1, 0.15) is 0 Å². The number of nitrogens with one attached hydrogen (secondary N) is 2. The Kier molecular flexibility index (Phi) is 6.83. The predicted molar refractivity (Wildman–Crippen MR) is 91.3 cm³/mol. The lowest BCUT2D eigenvalue weighted by molar-refractivity contribution is 0.321. The molecule has 0 aromatic heterocycles. The molecule has 0 saturated carbocycles. The molecule has 1 aromatic rings. The molecule has 0 aliphatic carbocycles. The molecule has 1 heterocycles. The van der Waals surface area contributed by atoms with Gasteiger partial charge in [-0.3, -0.25) is 4.99 Å². The third kappa shape index (κ3) is 5.09. The Balaban J connectivity index is 1.81. The zero-order chi connectivity index (χ0) is 15.8. The first-order valence-corrected chi connectivity index (χ1v) is 8.75. The third-order valence-corrected chi connectivity index (χ3v) is 4.90. The molecular formula is C16H24FN3OS. The van der Waals surface area contributed by atoms with Crippen molar-refractivity contribution in [2.75, 3.05) is 26.0 Å². The molecule has 2 N–H and O–H groups in total. The van der Waals surface area contributed by atoms with E-state index in [0.717, 1.165) is 18.1 Å². The van der Waals surface area contributed by atoms with Gasteiger partial charge in [-0.25, -0.2) is 4.39 Å². The molecule has 1 fully saturated rings. The number of thioether (sulfide) groups is 1. The number of hydrogen-bond donors (Lipinski definition) is 2. The molecule has 1 aliphatic heterocycles. The number of hydrogen-bond acceptors (Lipinski definition) is 3. The fourth-order valence-electron chi connectivity index (χ4n) is 2.35. The van der Waals surface area contributed by atoms with Crippen molar-refractivity contribution in [3.8, 4) is 5.75 Å². The van der Waals surface area contributed by atoms with Crippen molar-refractivity contribution in [2.24, 2.45) is 4.99 Å². The first-order valence-electron chi connectivity index (χ1n) is 7.70. The van der Waals surface area contributed by atoms with E-state index < -0.39 is 0 Å². The van der Waals surface area contributed by atoms with Crippen LogP contribution in [0.4, 0.5) is 4.39 Å². The van der Waals surface area contributed by atoms with Gasteiger partial charge in [0.2, 0.25) is 0 Å². The summed E-state index contributed by atoms with van der Waals surface area (Å²) >= 11 is 2.01. The van der Waals surface area contributed by atoms with Gasteiger partial charge in [-0.2, -0.15) is 11.8 Å². The summed E-state index contributed by atoms with van der Waals surface area (Å²) in [5.41, 5.74) is 0.860. The molecule has 1 saturated heterocycles. The molecule has 0 amide bonds. The van der Waals surface area contributed by atoms with Gasteiger partial charge < -0.3 is 15.4 Å². The number of guanidine groups is 1. The van der Waals surface area contributed by atoms with Crippen LogP contribution in [0.15, 0.2) is 23.2 Å². The third-order valence-electron chi connectivity index (χ3n) is 3.50. The minimum atomic E-state index is -0.327. The van der Waals surface area contributed by atoms with Crippen molar-refractivity contribution in [2.45, 2.75) is 31.6 Å². The van der Waals surface area contributed by atoms with Crippen molar-refractivity contribution >= 4 is 17.7 Å². The normalized spacial score (nSPS) is 18.3. The molecule has 0 radical (unpaired) electrons. The Bertz CT molecular complexity index is 504. The molecule has 22 heavy (non-hydrogen) atoms. The van der Waals surface area contributed by atoms with Gasteiger partial charge in [0, 0.05) is 25.4 Å². The highest BCUT2D eigenvalue weighted by Gasteiger charge is 2.15. The summed E-state index contributed by atoms with van der Waals surface area (Å²) in [6.07, 6.45) is 2.56. The van der Waals surface area contributed by atoms with Crippen LogP contribution in [-0.4, -0.2) is 37.2 Å². The fourth-order valence-corrected chi connectivity index (χ4v) is 3.55. The summed E-state index contributed by atoms with van der Waals surface area (Å²) in [5, 5.41) is 7.21. The number of benzene rings is 1. The molecule has 1 atom stereocenters. The zero-order valence-corrected chi connectivity index (χ0v) is 14.0.